The first-order valence-corrected chi connectivity index (χ1v) is 7.11. The molecule has 2 aromatic rings. The van der Waals surface area contributed by atoms with Gasteiger partial charge < -0.3 is 10.1 Å². The van der Waals surface area contributed by atoms with Crippen molar-refractivity contribution in [2.45, 2.75) is 33.1 Å². The minimum atomic E-state index is -0.0397. The first-order chi connectivity index (χ1) is 10.2. The number of rotatable bonds is 6. The monoisotopic (exact) mass is 287 g/mol. The molecule has 0 saturated heterocycles. The number of aryl methyl sites for hydroxylation is 2. The fourth-order valence-electron chi connectivity index (χ4n) is 2.34. The van der Waals surface area contributed by atoms with E-state index < -0.39 is 0 Å². The number of carbonyl (C=O) groups excluding carboxylic acids is 1. The molecule has 0 aliphatic rings. The molecule has 0 aliphatic carbocycles. The minimum Gasteiger partial charge on any atom is -0.496 e. The van der Waals surface area contributed by atoms with Crippen LogP contribution in [0.2, 0.25) is 0 Å². The van der Waals surface area contributed by atoms with Crippen LogP contribution in [0.3, 0.4) is 0 Å². The van der Waals surface area contributed by atoms with Gasteiger partial charge in [-0.3, -0.25) is 9.89 Å². The number of benzene rings is 1. The van der Waals surface area contributed by atoms with E-state index in [9.17, 15) is 4.79 Å². The highest BCUT2D eigenvalue weighted by molar-refractivity contribution is 5.90. The van der Waals surface area contributed by atoms with Crippen molar-refractivity contribution in [3.63, 3.8) is 0 Å². The molecule has 0 aliphatic heterocycles. The predicted molar refractivity (Wildman–Crippen MR) is 82.6 cm³/mol. The summed E-state index contributed by atoms with van der Waals surface area (Å²) in [4.78, 5) is 12.1. The normalized spacial score (nSPS) is 10.4. The molecule has 0 atom stereocenters. The molecular formula is C16H21N3O2. The van der Waals surface area contributed by atoms with E-state index in [1.165, 1.54) is 0 Å². The van der Waals surface area contributed by atoms with E-state index in [1.54, 1.807) is 7.11 Å². The number of anilines is 1. The molecule has 0 fully saturated rings. The number of para-hydroxylation sites is 1. The number of carbonyl (C=O) groups is 1. The third kappa shape index (κ3) is 3.62. The standard InChI is InChI=1S/C16H21N3O2/c1-4-13-11(2)18-19-16(13)17-15(20)10-9-12-7-5-6-8-14(12)21-3/h5-8H,4,9-10H2,1-3H3,(H2,17,18,19,20). The van der Waals surface area contributed by atoms with Crippen LogP contribution in [-0.2, 0) is 17.6 Å². The Morgan fingerprint density at radius 1 is 1.38 bits per heavy atom. The second kappa shape index (κ2) is 6.92. The predicted octanol–water partition coefficient (Wildman–Crippen LogP) is 2.86. The number of aromatic amines is 1. The molecule has 5 nitrogen and oxygen atoms in total. The second-order valence-electron chi connectivity index (χ2n) is 4.89. The van der Waals surface area contributed by atoms with E-state index in [1.807, 2.05) is 38.1 Å². The highest BCUT2D eigenvalue weighted by Crippen LogP contribution is 2.20. The maximum Gasteiger partial charge on any atom is 0.225 e. The van der Waals surface area contributed by atoms with Gasteiger partial charge in [-0.2, -0.15) is 5.10 Å². The number of hydrogen-bond acceptors (Lipinski definition) is 3. The molecule has 2 N–H and O–H groups in total. The molecule has 5 heteroatoms. The van der Waals surface area contributed by atoms with Gasteiger partial charge in [0.05, 0.1) is 7.11 Å². The number of hydrogen-bond donors (Lipinski definition) is 2. The Morgan fingerprint density at radius 3 is 2.86 bits per heavy atom. The first-order valence-electron chi connectivity index (χ1n) is 7.11. The molecule has 0 unspecified atom stereocenters. The molecule has 0 spiro atoms. The molecule has 0 bridgehead atoms. The maximum atomic E-state index is 12.1. The Balaban J connectivity index is 1.96. The fourth-order valence-corrected chi connectivity index (χ4v) is 2.34. The van der Waals surface area contributed by atoms with Crippen LogP contribution in [0.4, 0.5) is 5.82 Å². The quantitative estimate of drug-likeness (QED) is 0.858. The minimum absolute atomic E-state index is 0.0397. The van der Waals surface area contributed by atoms with E-state index >= 15 is 0 Å². The van der Waals surface area contributed by atoms with E-state index in [0.717, 1.165) is 29.0 Å². The van der Waals surface area contributed by atoms with Crippen molar-refractivity contribution in [1.82, 2.24) is 10.2 Å². The zero-order valence-corrected chi connectivity index (χ0v) is 12.7. The van der Waals surface area contributed by atoms with Gasteiger partial charge in [-0.15, -0.1) is 0 Å². The fraction of sp³-hybridized carbons (Fsp3) is 0.375. The van der Waals surface area contributed by atoms with Crippen LogP contribution < -0.4 is 10.1 Å². The Labute approximate surface area is 124 Å². The van der Waals surface area contributed by atoms with Crippen LogP contribution in [0.1, 0.15) is 30.2 Å². The van der Waals surface area contributed by atoms with Gasteiger partial charge in [0.1, 0.15) is 5.75 Å². The molecule has 1 heterocycles. The zero-order chi connectivity index (χ0) is 15.2. The molecule has 1 aromatic carbocycles. The van der Waals surface area contributed by atoms with Gasteiger partial charge in [-0.05, 0) is 31.4 Å². The Kier molecular flexibility index (Phi) is 4.98. The number of nitrogens with one attached hydrogen (secondary N) is 2. The molecule has 0 radical (unpaired) electrons. The third-order valence-corrected chi connectivity index (χ3v) is 3.50. The first kappa shape index (κ1) is 15.1. The van der Waals surface area contributed by atoms with Crippen molar-refractivity contribution >= 4 is 11.7 Å². The van der Waals surface area contributed by atoms with Gasteiger partial charge in [0.2, 0.25) is 5.91 Å². The van der Waals surface area contributed by atoms with Crippen molar-refractivity contribution in [1.29, 1.82) is 0 Å². The van der Waals surface area contributed by atoms with Crippen molar-refractivity contribution in [3.8, 4) is 5.75 Å². The van der Waals surface area contributed by atoms with E-state index in [0.29, 0.717) is 18.7 Å². The molecule has 1 aromatic heterocycles. The van der Waals surface area contributed by atoms with Crippen molar-refractivity contribution < 1.29 is 9.53 Å². The summed E-state index contributed by atoms with van der Waals surface area (Å²) in [5, 5.41) is 9.90. The Hall–Kier alpha value is -2.30. The molecular weight excluding hydrogens is 266 g/mol. The largest absolute Gasteiger partial charge is 0.496 e. The van der Waals surface area contributed by atoms with E-state index in [-0.39, 0.29) is 5.91 Å². The summed E-state index contributed by atoms with van der Waals surface area (Å²) in [6.45, 7) is 4.00. The summed E-state index contributed by atoms with van der Waals surface area (Å²) in [5.41, 5.74) is 3.09. The van der Waals surface area contributed by atoms with Gasteiger partial charge in [0.15, 0.2) is 5.82 Å². The number of ether oxygens (including phenoxy) is 1. The summed E-state index contributed by atoms with van der Waals surface area (Å²) in [5.74, 6) is 1.41. The highest BCUT2D eigenvalue weighted by Gasteiger charge is 2.12. The number of aromatic nitrogens is 2. The molecule has 1 amide bonds. The van der Waals surface area contributed by atoms with Crippen LogP contribution >= 0.6 is 0 Å². The lowest BCUT2D eigenvalue weighted by molar-refractivity contribution is -0.116. The van der Waals surface area contributed by atoms with Crippen LogP contribution in [0.25, 0.3) is 0 Å². The lowest BCUT2D eigenvalue weighted by atomic mass is 10.1. The Bertz CT molecular complexity index is 620. The van der Waals surface area contributed by atoms with Crippen LogP contribution in [0.5, 0.6) is 5.75 Å². The number of methoxy groups -OCH3 is 1. The Morgan fingerprint density at radius 2 is 2.14 bits per heavy atom. The average Bonchev–Trinajstić information content (AvgIpc) is 2.85. The van der Waals surface area contributed by atoms with Crippen molar-refractivity contribution in [3.05, 3.63) is 41.1 Å². The molecule has 21 heavy (non-hydrogen) atoms. The van der Waals surface area contributed by atoms with Crippen molar-refractivity contribution in [2.24, 2.45) is 0 Å². The van der Waals surface area contributed by atoms with Gasteiger partial charge in [0.25, 0.3) is 0 Å². The number of amides is 1. The molecule has 112 valence electrons. The van der Waals surface area contributed by atoms with Gasteiger partial charge in [-0.25, -0.2) is 0 Å². The van der Waals surface area contributed by atoms with Gasteiger partial charge >= 0.3 is 0 Å². The smallest absolute Gasteiger partial charge is 0.225 e. The SMILES string of the molecule is CCc1c(NC(=O)CCc2ccccc2OC)n[nH]c1C. The zero-order valence-electron chi connectivity index (χ0n) is 12.7. The van der Waals surface area contributed by atoms with E-state index in [4.69, 9.17) is 4.74 Å². The van der Waals surface area contributed by atoms with Crippen LogP contribution in [0, 0.1) is 6.92 Å². The summed E-state index contributed by atoms with van der Waals surface area (Å²) in [7, 11) is 1.64. The lowest BCUT2D eigenvalue weighted by Crippen LogP contribution is -2.14. The lowest BCUT2D eigenvalue weighted by Gasteiger charge is -2.08. The number of H-pyrrole nitrogens is 1. The summed E-state index contributed by atoms with van der Waals surface area (Å²) >= 11 is 0. The topological polar surface area (TPSA) is 67.0 Å². The van der Waals surface area contributed by atoms with Crippen LogP contribution in [0.15, 0.2) is 24.3 Å². The highest BCUT2D eigenvalue weighted by atomic mass is 16.5. The number of nitrogens with zero attached hydrogens (tertiary/aromatic N) is 1. The van der Waals surface area contributed by atoms with Crippen LogP contribution in [-0.4, -0.2) is 23.2 Å². The van der Waals surface area contributed by atoms with Gasteiger partial charge in [-0.1, -0.05) is 25.1 Å². The van der Waals surface area contributed by atoms with E-state index in [2.05, 4.69) is 15.5 Å². The summed E-state index contributed by atoms with van der Waals surface area (Å²) < 4.78 is 5.29. The third-order valence-electron chi connectivity index (χ3n) is 3.50. The average molecular weight is 287 g/mol. The van der Waals surface area contributed by atoms with Crippen molar-refractivity contribution in [2.75, 3.05) is 12.4 Å². The molecule has 2 rings (SSSR count). The summed E-state index contributed by atoms with van der Waals surface area (Å²) in [6, 6.07) is 7.74. The molecule has 0 saturated carbocycles. The van der Waals surface area contributed by atoms with Gasteiger partial charge in [0, 0.05) is 17.7 Å². The maximum absolute atomic E-state index is 12.1. The second-order valence-corrected chi connectivity index (χ2v) is 4.89. The summed E-state index contributed by atoms with van der Waals surface area (Å²) in [6.07, 6.45) is 1.88.